The van der Waals surface area contributed by atoms with Gasteiger partial charge >= 0.3 is 5.69 Å². The molecule has 0 aromatic heterocycles. The van der Waals surface area contributed by atoms with E-state index in [-0.39, 0.29) is 29.4 Å². The second kappa shape index (κ2) is 6.34. The minimum absolute atomic E-state index is 0.0724. The fraction of sp³-hybridized carbons (Fsp3) is 0.400. The average molecular weight is 289 g/mol. The maximum atomic E-state index is 11.6. The summed E-state index contributed by atoms with van der Waals surface area (Å²) in [6.45, 7) is 0.285. The van der Waals surface area contributed by atoms with Crippen LogP contribution in [-0.2, 0) is 10.0 Å². The van der Waals surface area contributed by atoms with Crippen molar-refractivity contribution in [3.05, 3.63) is 28.3 Å². The number of hydrogen-bond donors (Lipinski definition) is 2. The fourth-order valence-electron chi connectivity index (χ4n) is 1.36. The topological polar surface area (TPSA) is 111 Å². The SMILES string of the molecule is CNCCS(=O)(=O)Nc1ccc(OC)c([N+](=O)[O-])c1. The molecule has 0 atom stereocenters. The Labute approximate surface area is 111 Å². The van der Waals surface area contributed by atoms with Crippen LogP contribution in [0.4, 0.5) is 11.4 Å². The predicted molar refractivity (Wildman–Crippen MR) is 71.0 cm³/mol. The van der Waals surface area contributed by atoms with Crippen molar-refractivity contribution < 1.29 is 18.1 Å². The van der Waals surface area contributed by atoms with Gasteiger partial charge in [0.25, 0.3) is 0 Å². The van der Waals surface area contributed by atoms with Crippen LogP contribution in [0.2, 0.25) is 0 Å². The van der Waals surface area contributed by atoms with Gasteiger partial charge in [-0.25, -0.2) is 8.42 Å². The number of rotatable bonds is 7. The summed E-state index contributed by atoms with van der Waals surface area (Å²) in [6, 6.07) is 3.87. The van der Waals surface area contributed by atoms with Crippen LogP contribution >= 0.6 is 0 Å². The van der Waals surface area contributed by atoms with Crippen LogP contribution in [0.3, 0.4) is 0 Å². The van der Waals surface area contributed by atoms with Crippen molar-refractivity contribution >= 4 is 21.4 Å². The number of sulfonamides is 1. The summed E-state index contributed by atoms with van der Waals surface area (Å²) >= 11 is 0. The van der Waals surface area contributed by atoms with Gasteiger partial charge in [0.2, 0.25) is 10.0 Å². The molecule has 19 heavy (non-hydrogen) atoms. The van der Waals surface area contributed by atoms with Gasteiger partial charge in [0.05, 0.1) is 23.5 Å². The van der Waals surface area contributed by atoms with Crippen LogP contribution in [0.25, 0.3) is 0 Å². The van der Waals surface area contributed by atoms with E-state index >= 15 is 0 Å². The molecular formula is C10H15N3O5S. The van der Waals surface area contributed by atoms with Gasteiger partial charge in [0.15, 0.2) is 5.75 Å². The van der Waals surface area contributed by atoms with Crippen molar-refractivity contribution in [1.82, 2.24) is 5.32 Å². The number of nitro benzene ring substituents is 1. The van der Waals surface area contributed by atoms with Gasteiger partial charge in [-0.1, -0.05) is 0 Å². The average Bonchev–Trinajstić information content (AvgIpc) is 2.36. The molecule has 0 fully saturated rings. The van der Waals surface area contributed by atoms with Crippen LogP contribution in [-0.4, -0.2) is 39.8 Å². The number of methoxy groups -OCH3 is 1. The van der Waals surface area contributed by atoms with Crippen molar-refractivity contribution in [3.63, 3.8) is 0 Å². The van der Waals surface area contributed by atoms with Gasteiger partial charge in [-0.3, -0.25) is 14.8 Å². The molecule has 2 N–H and O–H groups in total. The molecule has 0 aliphatic carbocycles. The summed E-state index contributed by atoms with van der Waals surface area (Å²) in [5.74, 6) is -0.0493. The highest BCUT2D eigenvalue weighted by Crippen LogP contribution is 2.29. The molecule has 0 bridgehead atoms. The molecule has 0 radical (unpaired) electrons. The molecule has 9 heteroatoms. The molecule has 8 nitrogen and oxygen atoms in total. The summed E-state index contributed by atoms with van der Waals surface area (Å²) < 4.78 is 30.4. The Hall–Kier alpha value is -1.87. The number of ether oxygens (including phenoxy) is 1. The Morgan fingerprint density at radius 2 is 2.11 bits per heavy atom. The summed E-state index contributed by atoms with van der Waals surface area (Å²) in [6.07, 6.45) is 0. The maximum Gasteiger partial charge on any atom is 0.312 e. The standard InChI is InChI=1S/C10H15N3O5S/c1-11-5-6-19(16,17)12-8-3-4-10(18-2)9(7-8)13(14)15/h3-4,7,11-12H,5-6H2,1-2H3. The van der Waals surface area contributed by atoms with Crippen LogP contribution in [0.1, 0.15) is 0 Å². The first kappa shape index (κ1) is 15.2. The van der Waals surface area contributed by atoms with E-state index in [9.17, 15) is 18.5 Å². The molecule has 106 valence electrons. The monoisotopic (exact) mass is 289 g/mol. The second-order valence-corrected chi connectivity index (χ2v) is 5.51. The van der Waals surface area contributed by atoms with E-state index < -0.39 is 14.9 Å². The molecule has 0 heterocycles. The Kier molecular flexibility index (Phi) is 5.07. The third-order valence-electron chi connectivity index (χ3n) is 2.27. The molecule has 1 aromatic carbocycles. The van der Waals surface area contributed by atoms with Gasteiger partial charge in [-0.05, 0) is 19.2 Å². The summed E-state index contributed by atoms with van der Waals surface area (Å²) in [5.41, 5.74) is -0.167. The van der Waals surface area contributed by atoms with Crippen LogP contribution in [0, 0.1) is 10.1 Å². The predicted octanol–water partition coefficient (Wildman–Crippen LogP) is 0.564. The van der Waals surface area contributed by atoms with E-state index in [1.165, 1.54) is 19.2 Å². The number of nitro groups is 1. The lowest BCUT2D eigenvalue weighted by atomic mass is 10.2. The Balaban J connectivity index is 2.97. The molecule has 0 saturated carbocycles. The number of anilines is 1. The highest BCUT2D eigenvalue weighted by molar-refractivity contribution is 7.92. The number of hydrogen-bond acceptors (Lipinski definition) is 6. The van der Waals surface area contributed by atoms with Gasteiger partial charge < -0.3 is 10.1 Å². The minimum Gasteiger partial charge on any atom is -0.490 e. The van der Waals surface area contributed by atoms with E-state index in [0.717, 1.165) is 6.07 Å². The van der Waals surface area contributed by atoms with Crippen molar-refractivity contribution in [3.8, 4) is 5.75 Å². The number of nitrogens with zero attached hydrogens (tertiary/aromatic N) is 1. The van der Waals surface area contributed by atoms with Crippen LogP contribution < -0.4 is 14.8 Å². The lowest BCUT2D eigenvalue weighted by Gasteiger charge is -2.08. The zero-order valence-corrected chi connectivity index (χ0v) is 11.4. The zero-order chi connectivity index (χ0) is 14.5. The normalized spacial score (nSPS) is 11.1. The van der Waals surface area contributed by atoms with Gasteiger partial charge in [0, 0.05) is 12.6 Å². The lowest BCUT2D eigenvalue weighted by Crippen LogP contribution is -2.24. The molecule has 0 aliphatic heterocycles. The second-order valence-electron chi connectivity index (χ2n) is 3.67. The van der Waals surface area contributed by atoms with E-state index in [0.29, 0.717) is 0 Å². The smallest absolute Gasteiger partial charge is 0.312 e. The zero-order valence-electron chi connectivity index (χ0n) is 10.5. The van der Waals surface area contributed by atoms with E-state index in [1.807, 2.05) is 0 Å². The van der Waals surface area contributed by atoms with Crippen molar-refractivity contribution in [1.29, 1.82) is 0 Å². The van der Waals surface area contributed by atoms with E-state index in [1.54, 1.807) is 7.05 Å². The number of benzene rings is 1. The molecule has 1 rings (SSSR count). The quantitative estimate of drug-likeness (QED) is 0.560. The molecule has 1 aromatic rings. The fourth-order valence-corrected chi connectivity index (χ4v) is 2.42. The first-order chi connectivity index (χ1) is 8.89. The van der Waals surface area contributed by atoms with Crippen LogP contribution in [0.15, 0.2) is 18.2 Å². The highest BCUT2D eigenvalue weighted by Gasteiger charge is 2.17. The number of nitrogens with one attached hydrogen (secondary N) is 2. The molecule has 0 saturated heterocycles. The first-order valence-corrected chi connectivity index (χ1v) is 7.02. The Bertz CT molecular complexity index is 558. The van der Waals surface area contributed by atoms with Crippen molar-refractivity contribution in [2.75, 3.05) is 31.2 Å². The molecule has 0 aliphatic rings. The van der Waals surface area contributed by atoms with Gasteiger partial charge in [-0.2, -0.15) is 0 Å². The summed E-state index contributed by atoms with van der Waals surface area (Å²) in [7, 11) is -0.597. The first-order valence-electron chi connectivity index (χ1n) is 5.37. The summed E-state index contributed by atoms with van der Waals surface area (Å²) in [5, 5.41) is 13.5. The Morgan fingerprint density at radius 3 is 2.63 bits per heavy atom. The molecular weight excluding hydrogens is 274 g/mol. The molecule has 0 unspecified atom stereocenters. The largest absolute Gasteiger partial charge is 0.490 e. The molecule has 0 spiro atoms. The summed E-state index contributed by atoms with van der Waals surface area (Å²) in [4.78, 5) is 10.2. The van der Waals surface area contributed by atoms with Gasteiger partial charge in [-0.15, -0.1) is 0 Å². The maximum absolute atomic E-state index is 11.6. The highest BCUT2D eigenvalue weighted by atomic mass is 32.2. The van der Waals surface area contributed by atoms with Crippen molar-refractivity contribution in [2.45, 2.75) is 0 Å². The van der Waals surface area contributed by atoms with E-state index in [2.05, 4.69) is 10.0 Å². The van der Waals surface area contributed by atoms with Crippen molar-refractivity contribution in [2.24, 2.45) is 0 Å². The van der Waals surface area contributed by atoms with Crippen LogP contribution in [0.5, 0.6) is 5.75 Å². The molecule has 0 amide bonds. The lowest BCUT2D eigenvalue weighted by molar-refractivity contribution is -0.385. The minimum atomic E-state index is -3.53. The van der Waals surface area contributed by atoms with E-state index in [4.69, 9.17) is 4.74 Å². The third-order valence-corrected chi connectivity index (χ3v) is 3.56. The Morgan fingerprint density at radius 1 is 1.42 bits per heavy atom. The third kappa shape index (κ3) is 4.38. The van der Waals surface area contributed by atoms with Gasteiger partial charge in [0.1, 0.15) is 0 Å².